The SMILES string of the molecule is C=Cc1ccc(F)c(NCCCCn2cc(C#Cc3sc(N(C(=C)C)C(C)=N)c(C(=C)c4ccc(Cl)cc4)c3C)cn2)c1CN(C)C(C=O)CCC. The summed E-state index contributed by atoms with van der Waals surface area (Å²) in [6, 6.07) is 10.5. The number of likely N-dealkylation sites (N-methyl/N-ethyl adjacent to an activating group) is 1. The molecule has 1 unspecified atom stereocenters. The first-order chi connectivity index (χ1) is 24.9. The van der Waals surface area contributed by atoms with Gasteiger partial charge in [-0.1, -0.05) is 80.8 Å². The van der Waals surface area contributed by atoms with Gasteiger partial charge in [0.25, 0.3) is 0 Å². The minimum absolute atomic E-state index is 0.227. The quantitative estimate of drug-likeness (QED) is 0.0371. The Balaban J connectivity index is 1.45. The van der Waals surface area contributed by atoms with Crippen LogP contribution in [0.15, 0.2) is 74.2 Å². The fourth-order valence-electron chi connectivity index (χ4n) is 6.07. The number of benzene rings is 2. The van der Waals surface area contributed by atoms with Crippen LogP contribution in [-0.2, 0) is 17.9 Å². The summed E-state index contributed by atoms with van der Waals surface area (Å²) >= 11 is 7.67. The number of rotatable bonds is 17. The minimum Gasteiger partial charge on any atom is -0.382 e. The Morgan fingerprint density at radius 3 is 2.54 bits per heavy atom. The second-order valence-electron chi connectivity index (χ2n) is 12.9. The lowest BCUT2D eigenvalue weighted by Gasteiger charge is -2.26. The van der Waals surface area contributed by atoms with E-state index in [1.807, 2.05) is 72.8 Å². The van der Waals surface area contributed by atoms with Crippen molar-refractivity contribution >= 4 is 57.4 Å². The predicted molar refractivity (Wildman–Crippen MR) is 218 cm³/mol. The maximum atomic E-state index is 15.1. The third-order valence-corrected chi connectivity index (χ3v) is 10.3. The number of aldehydes is 1. The average molecular weight is 739 g/mol. The molecule has 4 rings (SSSR count). The molecule has 52 heavy (non-hydrogen) atoms. The van der Waals surface area contributed by atoms with Gasteiger partial charge in [0.2, 0.25) is 0 Å². The van der Waals surface area contributed by atoms with Crippen molar-refractivity contribution in [2.45, 2.75) is 72.5 Å². The molecule has 0 fully saturated rings. The molecule has 272 valence electrons. The molecule has 0 aliphatic carbocycles. The van der Waals surface area contributed by atoms with E-state index < -0.39 is 0 Å². The van der Waals surface area contributed by atoms with Crippen molar-refractivity contribution in [2.24, 2.45) is 0 Å². The van der Waals surface area contributed by atoms with E-state index in [1.165, 1.54) is 17.4 Å². The fraction of sp³-hybridized carbons (Fsp3) is 0.310. The summed E-state index contributed by atoms with van der Waals surface area (Å²) in [6.45, 7) is 21.9. The van der Waals surface area contributed by atoms with Gasteiger partial charge in [-0.05, 0) is 93.1 Å². The van der Waals surface area contributed by atoms with Gasteiger partial charge in [0, 0.05) is 42.1 Å². The standard InChI is InChI=1S/C42H48ClFN6OS/c1-9-13-36(27-51)48(8)26-37-33(10-2)17-20-38(44)41(37)46-22-11-12-23-49-25-32(24-47-49)14-21-39-30(6)40(29(5)34-15-18-35(43)19-16-34)42(52-39)50(28(3)4)31(7)45/h10,15-20,24-25,27,36,45-46H,2-3,5,9,11-13,22-23,26H2,1,4,6-8H3. The van der Waals surface area contributed by atoms with E-state index in [0.29, 0.717) is 36.2 Å². The van der Waals surface area contributed by atoms with Gasteiger partial charge in [-0.2, -0.15) is 5.10 Å². The smallest absolute Gasteiger partial charge is 0.146 e. The Morgan fingerprint density at radius 1 is 1.17 bits per heavy atom. The first-order valence-corrected chi connectivity index (χ1v) is 18.6. The van der Waals surface area contributed by atoms with Crippen molar-refractivity contribution in [1.29, 1.82) is 5.41 Å². The molecule has 0 aliphatic heterocycles. The van der Waals surface area contributed by atoms with Crippen LogP contribution in [-0.4, -0.2) is 46.4 Å². The molecular formula is C42H48ClFN6OS. The number of nitrogens with zero attached hydrogens (tertiary/aromatic N) is 4. The molecule has 7 nitrogen and oxygen atoms in total. The Kier molecular flexibility index (Phi) is 14.4. The van der Waals surface area contributed by atoms with Crippen LogP contribution in [0.4, 0.5) is 15.1 Å². The molecule has 2 aromatic carbocycles. The molecule has 1 atom stereocenters. The fourth-order valence-corrected chi connectivity index (χ4v) is 7.51. The largest absolute Gasteiger partial charge is 0.382 e. The van der Waals surface area contributed by atoms with Crippen LogP contribution in [0.3, 0.4) is 0 Å². The molecular weight excluding hydrogens is 691 g/mol. The van der Waals surface area contributed by atoms with Gasteiger partial charge in [-0.25, -0.2) is 4.39 Å². The number of thiophene rings is 1. The molecule has 0 radical (unpaired) electrons. The highest BCUT2D eigenvalue weighted by Gasteiger charge is 2.24. The monoisotopic (exact) mass is 738 g/mol. The zero-order valence-corrected chi connectivity index (χ0v) is 32.4. The number of aryl methyl sites for hydroxylation is 1. The van der Waals surface area contributed by atoms with Gasteiger partial charge in [-0.15, -0.1) is 11.3 Å². The molecule has 4 aromatic rings. The predicted octanol–water partition coefficient (Wildman–Crippen LogP) is 10.2. The van der Waals surface area contributed by atoms with Crippen molar-refractivity contribution in [2.75, 3.05) is 23.8 Å². The molecule has 0 saturated heterocycles. The molecule has 2 aromatic heterocycles. The van der Waals surface area contributed by atoms with Gasteiger partial charge >= 0.3 is 0 Å². The first-order valence-electron chi connectivity index (χ1n) is 17.4. The number of carbonyl (C=O) groups is 1. The number of allylic oxidation sites excluding steroid dienone is 1. The van der Waals surface area contributed by atoms with Gasteiger partial charge in [0.1, 0.15) is 22.9 Å². The summed E-state index contributed by atoms with van der Waals surface area (Å²) in [4.78, 5) is 16.3. The van der Waals surface area contributed by atoms with Crippen molar-refractivity contribution in [3.63, 3.8) is 0 Å². The highest BCUT2D eigenvalue weighted by molar-refractivity contribution is 7.17. The second kappa shape index (κ2) is 18.7. The van der Waals surface area contributed by atoms with Gasteiger partial charge in [-0.3, -0.25) is 19.9 Å². The first kappa shape index (κ1) is 40.0. The van der Waals surface area contributed by atoms with Gasteiger partial charge in [0.05, 0.1) is 28.4 Å². The third kappa shape index (κ3) is 9.77. The lowest BCUT2D eigenvalue weighted by Crippen LogP contribution is -2.33. The summed E-state index contributed by atoms with van der Waals surface area (Å²) in [6.07, 6.45) is 9.64. The lowest BCUT2D eigenvalue weighted by atomic mass is 9.97. The minimum atomic E-state index is -0.322. The number of nitrogens with one attached hydrogen (secondary N) is 2. The van der Waals surface area contributed by atoms with E-state index in [9.17, 15) is 4.79 Å². The zero-order chi connectivity index (χ0) is 37.9. The van der Waals surface area contributed by atoms with Crippen molar-refractivity contribution in [3.05, 3.63) is 123 Å². The highest BCUT2D eigenvalue weighted by atomic mass is 35.5. The number of unbranched alkanes of at least 4 members (excludes halogenated alkanes) is 1. The molecule has 0 aliphatic rings. The molecule has 0 spiro atoms. The number of hydrogen-bond acceptors (Lipinski definition) is 6. The number of halogens is 2. The van der Waals surface area contributed by atoms with Crippen LogP contribution in [0.2, 0.25) is 5.02 Å². The summed E-state index contributed by atoms with van der Waals surface area (Å²) in [5.41, 5.74) is 7.28. The van der Waals surface area contributed by atoms with E-state index in [0.717, 1.165) is 86.5 Å². The van der Waals surface area contributed by atoms with Crippen LogP contribution < -0.4 is 10.2 Å². The van der Waals surface area contributed by atoms with Crippen molar-refractivity contribution in [1.82, 2.24) is 14.7 Å². The number of carbonyl (C=O) groups excluding carboxylic acids is 1. The van der Waals surface area contributed by atoms with Crippen molar-refractivity contribution in [3.8, 4) is 11.8 Å². The third-order valence-electron chi connectivity index (χ3n) is 8.85. The maximum Gasteiger partial charge on any atom is 0.146 e. The molecule has 10 heteroatoms. The van der Waals surface area contributed by atoms with Crippen LogP contribution in [0.25, 0.3) is 11.6 Å². The molecule has 0 saturated carbocycles. The van der Waals surface area contributed by atoms with E-state index in [1.54, 1.807) is 25.3 Å². The average Bonchev–Trinajstić information content (AvgIpc) is 3.70. The zero-order valence-electron chi connectivity index (χ0n) is 30.8. The number of anilines is 2. The summed E-state index contributed by atoms with van der Waals surface area (Å²) in [5, 5.41) is 17.8. The molecule has 2 heterocycles. The van der Waals surface area contributed by atoms with E-state index in [2.05, 4.69) is 42.0 Å². The van der Waals surface area contributed by atoms with E-state index >= 15 is 4.39 Å². The van der Waals surface area contributed by atoms with Crippen LogP contribution in [0, 0.1) is 30.0 Å². The Bertz CT molecular complexity index is 1990. The topological polar surface area (TPSA) is 77.2 Å². The van der Waals surface area contributed by atoms with Crippen LogP contribution >= 0.6 is 22.9 Å². The lowest BCUT2D eigenvalue weighted by molar-refractivity contribution is -0.112. The Morgan fingerprint density at radius 2 is 1.90 bits per heavy atom. The number of aromatic nitrogens is 2. The summed E-state index contributed by atoms with van der Waals surface area (Å²) in [5.74, 6) is 6.66. The normalized spacial score (nSPS) is 11.5. The van der Waals surface area contributed by atoms with E-state index in [4.69, 9.17) is 17.0 Å². The Labute approximate surface area is 317 Å². The van der Waals surface area contributed by atoms with Crippen LogP contribution in [0.1, 0.15) is 84.7 Å². The van der Waals surface area contributed by atoms with Gasteiger partial charge < -0.3 is 10.1 Å². The number of hydrogen-bond donors (Lipinski definition) is 2. The summed E-state index contributed by atoms with van der Waals surface area (Å²) < 4.78 is 16.9. The summed E-state index contributed by atoms with van der Waals surface area (Å²) in [7, 11) is 1.89. The maximum absolute atomic E-state index is 15.1. The van der Waals surface area contributed by atoms with Gasteiger partial charge in [0.15, 0.2) is 0 Å². The second-order valence-corrected chi connectivity index (χ2v) is 14.3. The number of amidine groups is 1. The molecule has 0 amide bonds. The highest BCUT2D eigenvalue weighted by Crippen LogP contribution is 2.43. The Hall–Kier alpha value is -4.75. The van der Waals surface area contributed by atoms with Crippen molar-refractivity contribution < 1.29 is 9.18 Å². The molecule has 0 bridgehead atoms. The van der Waals surface area contributed by atoms with Crippen LogP contribution in [0.5, 0.6) is 0 Å². The molecule has 2 N–H and O–H groups in total. The van der Waals surface area contributed by atoms with E-state index in [-0.39, 0.29) is 11.9 Å².